The molecule has 0 bridgehead atoms. The van der Waals surface area contributed by atoms with Crippen LogP contribution < -0.4 is 5.56 Å². The standard InChI is InChI=1S/C11H15N3O/c1-8(2)3-4-9-5-10-12-7-13-14(10)11(15)6-9/h5-8H,3-4H2,1-2H3,(H,12,13). The molecular formula is C11H15N3O. The van der Waals surface area contributed by atoms with Crippen molar-refractivity contribution in [2.24, 2.45) is 5.92 Å². The molecule has 0 unspecified atom stereocenters. The maximum absolute atomic E-state index is 11.6. The van der Waals surface area contributed by atoms with Crippen LogP contribution in [0.25, 0.3) is 5.65 Å². The first-order chi connectivity index (χ1) is 7.16. The number of aromatic amines is 1. The fourth-order valence-electron chi connectivity index (χ4n) is 1.59. The molecule has 0 aliphatic rings. The smallest absolute Gasteiger partial charge is 0.271 e. The Morgan fingerprint density at radius 2 is 2.27 bits per heavy atom. The van der Waals surface area contributed by atoms with Crippen molar-refractivity contribution in [1.29, 1.82) is 0 Å². The van der Waals surface area contributed by atoms with Gasteiger partial charge in [0.15, 0.2) is 5.65 Å². The maximum Gasteiger partial charge on any atom is 0.271 e. The molecule has 4 heteroatoms. The monoisotopic (exact) mass is 205 g/mol. The summed E-state index contributed by atoms with van der Waals surface area (Å²) in [5, 5.41) is 2.77. The van der Waals surface area contributed by atoms with Crippen molar-refractivity contribution >= 4 is 5.65 Å². The van der Waals surface area contributed by atoms with E-state index in [1.54, 1.807) is 6.07 Å². The molecule has 80 valence electrons. The van der Waals surface area contributed by atoms with Crippen molar-refractivity contribution in [3.8, 4) is 0 Å². The van der Waals surface area contributed by atoms with E-state index in [0.717, 1.165) is 18.4 Å². The first kappa shape index (κ1) is 9.96. The summed E-state index contributed by atoms with van der Waals surface area (Å²) in [6, 6.07) is 3.63. The second kappa shape index (κ2) is 3.88. The van der Waals surface area contributed by atoms with Crippen LogP contribution in [0.4, 0.5) is 0 Å². The zero-order valence-electron chi connectivity index (χ0n) is 9.03. The molecule has 0 aliphatic heterocycles. The summed E-state index contributed by atoms with van der Waals surface area (Å²) >= 11 is 0. The van der Waals surface area contributed by atoms with E-state index in [1.165, 1.54) is 10.8 Å². The highest BCUT2D eigenvalue weighted by molar-refractivity contribution is 5.39. The van der Waals surface area contributed by atoms with Gasteiger partial charge in [-0.25, -0.2) is 9.50 Å². The molecule has 0 atom stereocenters. The number of aromatic nitrogens is 3. The molecule has 0 amide bonds. The molecule has 4 nitrogen and oxygen atoms in total. The molecule has 0 radical (unpaired) electrons. The van der Waals surface area contributed by atoms with Crippen LogP contribution in [0.5, 0.6) is 0 Å². The Morgan fingerprint density at radius 3 is 3.00 bits per heavy atom. The molecule has 0 fully saturated rings. The second-order valence-corrected chi connectivity index (χ2v) is 4.22. The van der Waals surface area contributed by atoms with Gasteiger partial charge in [0.2, 0.25) is 0 Å². The maximum atomic E-state index is 11.6. The zero-order chi connectivity index (χ0) is 10.8. The zero-order valence-corrected chi connectivity index (χ0v) is 9.03. The van der Waals surface area contributed by atoms with Gasteiger partial charge in [-0.2, -0.15) is 0 Å². The van der Waals surface area contributed by atoms with Crippen LogP contribution >= 0.6 is 0 Å². The number of aryl methyl sites for hydroxylation is 1. The predicted octanol–water partition coefficient (Wildman–Crippen LogP) is 1.61. The fourth-order valence-corrected chi connectivity index (χ4v) is 1.59. The molecule has 2 aromatic heterocycles. The van der Waals surface area contributed by atoms with Crippen LogP contribution in [0.1, 0.15) is 25.8 Å². The van der Waals surface area contributed by atoms with Gasteiger partial charge in [-0.3, -0.25) is 9.89 Å². The van der Waals surface area contributed by atoms with E-state index >= 15 is 0 Å². The second-order valence-electron chi connectivity index (χ2n) is 4.22. The molecule has 1 N–H and O–H groups in total. The van der Waals surface area contributed by atoms with Crippen LogP contribution in [0.3, 0.4) is 0 Å². The lowest BCUT2D eigenvalue weighted by molar-refractivity contribution is 0.586. The van der Waals surface area contributed by atoms with Crippen molar-refractivity contribution in [3.05, 3.63) is 34.4 Å². The Morgan fingerprint density at radius 1 is 1.47 bits per heavy atom. The third-order valence-corrected chi connectivity index (χ3v) is 2.47. The van der Waals surface area contributed by atoms with E-state index in [0.29, 0.717) is 11.6 Å². The number of rotatable bonds is 3. The minimum atomic E-state index is -0.0382. The van der Waals surface area contributed by atoms with Crippen molar-refractivity contribution in [3.63, 3.8) is 0 Å². The lowest BCUT2D eigenvalue weighted by atomic mass is 10.0. The van der Waals surface area contributed by atoms with Gasteiger partial charge >= 0.3 is 0 Å². The Labute approximate surface area is 87.9 Å². The Kier molecular flexibility index (Phi) is 2.58. The van der Waals surface area contributed by atoms with E-state index in [2.05, 4.69) is 23.9 Å². The quantitative estimate of drug-likeness (QED) is 0.827. The van der Waals surface area contributed by atoms with Crippen LogP contribution in [0.2, 0.25) is 0 Å². The van der Waals surface area contributed by atoms with Gasteiger partial charge in [0, 0.05) is 6.07 Å². The third-order valence-electron chi connectivity index (χ3n) is 2.47. The van der Waals surface area contributed by atoms with Gasteiger partial charge < -0.3 is 0 Å². The number of pyridine rings is 1. The number of hydrogen-bond acceptors (Lipinski definition) is 2. The highest BCUT2D eigenvalue weighted by atomic mass is 16.1. The van der Waals surface area contributed by atoms with Crippen LogP contribution in [0.15, 0.2) is 23.3 Å². The topological polar surface area (TPSA) is 50.2 Å². The number of nitrogens with one attached hydrogen (secondary N) is 1. The molecule has 0 saturated carbocycles. The minimum Gasteiger partial charge on any atom is -0.279 e. The lowest BCUT2D eigenvalue weighted by Crippen LogP contribution is -2.13. The van der Waals surface area contributed by atoms with Crippen molar-refractivity contribution < 1.29 is 0 Å². The number of hydrogen-bond donors (Lipinski definition) is 1. The van der Waals surface area contributed by atoms with E-state index in [1.807, 2.05) is 6.07 Å². The first-order valence-corrected chi connectivity index (χ1v) is 5.22. The Bertz CT molecular complexity index is 510. The number of fused-ring (bicyclic) bond motifs is 1. The van der Waals surface area contributed by atoms with Crippen molar-refractivity contribution in [2.45, 2.75) is 26.7 Å². The molecule has 0 spiro atoms. The van der Waals surface area contributed by atoms with Crippen LogP contribution in [-0.4, -0.2) is 14.6 Å². The average Bonchev–Trinajstić information content (AvgIpc) is 2.63. The normalized spacial score (nSPS) is 11.4. The van der Waals surface area contributed by atoms with Crippen LogP contribution in [0, 0.1) is 5.92 Å². The summed E-state index contributed by atoms with van der Waals surface area (Å²) in [5.41, 5.74) is 1.73. The summed E-state index contributed by atoms with van der Waals surface area (Å²) in [4.78, 5) is 15.7. The van der Waals surface area contributed by atoms with Gasteiger partial charge in [-0.15, -0.1) is 0 Å². The summed E-state index contributed by atoms with van der Waals surface area (Å²) in [5.74, 6) is 0.655. The highest BCUT2D eigenvalue weighted by Gasteiger charge is 2.03. The molecule has 0 aliphatic carbocycles. The molecular weight excluding hydrogens is 190 g/mol. The molecule has 15 heavy (non-hydrogen) atoms. The van der Waals surface area contributed by atoms with E-state index in [9.17, 15) is 4.79 Å². The molecule has 0 saturated heterocycles. The number of nitrogens with zero attached hydrogens (tertiary/aromatic N) is 2. The van der Waals surface area contributed by atoms with E-state index in [4.69, 9.17) is 0 Å². The molecule has 2 heterocycles. The minimum absolute atomic E-state index is 0.0382. The summed E-state index contributed by atoms with van der Waals surface area (Å²) < 4.78 is 1.44. The predicted molar refractivity (Wildman–Crippen MR) is 59.0 cm³/mol. The molecule has 0 aromatic carbocycles. The Hall–Kier alpha value is -1.58. The average molecular weight is 205 g/mol. The summed E-state index contributed by atoms with van der Waals surface area (Å²) in [7, 11) is 0. The van der Waals surface area contributed by atoms with E-state index < -0.39 is 0 Å². The first-order valence-electron chi connectivity index (χ1n) is 5.22. The Balaban J connectivity index is 2.33. The highest BCUT2D eigenvalue weighted by Crippen LogP contribution is 2.08. The van der Waals surface area contributed by atoms with Crippen molar-refractivity contribution in [1.82, 2.24) is 14.6 Å². The fraction of sp³-hybridized carbons (Fsp3) is 0.455. The largest absolute Gasteiger partial charge is 0.279 e. The molecule has 2 rings (SSSR count). The van der Waals surface area contributed by atoms with Crippen molar-refractivity contribution in [2.75, 3.05) is 0 Å². The van der Waals surface area contributed by atoms with Gasteiger partial charge in [-0.1, -0.05) is 13.8 Å². The van der Waals surface area contributed by atoms with Gasteiger partial charge in [0.05, 0.1) is 0 Å². The molecule has 2 aromatic rings. The SMILES string of the molecule is CC(C)CCc1cc(=O)n2[nH]cnc2c1. The number of H-pyrrole nitrogens is 1. The summed E-state index contributed by atoms with van der Waals surface area (Å²) in [6.07, 6.45) is 3.57. The third kappa shape index (κ3) is 2.09. The van der Waals surface area contributed by atoms with Gasteiger partial charge in [0.25, 0.3) is 5.56 Å². The van der Waals surface area contributed by atoms with Gasteiger partial charge in [0.1, 0.15) is 6.33 Å². The van der Waals surface area contributed by atoms with E-state index in [-0.39, 0.29) is 5.56 Å². The van der Waals surface area contributed by atoms with Crippen LogP contribution in [-0.2, 0) is 6.42 Å². The summed E-state index contributed by atoms with van der Waals surface area (Å²) in [6.45, 7) is 4.36. The van der Waals surface area contributed by atoms with Gasteiger partial charge in [-0.05, 0) is 30.4 Å². The lowest BCUT2D eigenvalue weighted by Gasteiger charge is -2.04.